The van der Waals surface area contributed by atoms with Crippen LogP contribution in [0.2, 0.25) is 0 Å². The van der Waals surface area contributed by atoms with E-state index in [-0.39, 0.29) is 0 Å². The van der Waals surface area contributed by atoms with Gasteiger partial charge in [0.2, 0.25) is 0 Å². The highest BCUT2D eigenvalue weighted by Crippen LogP contribution is 2.44. The number of allylic oxidation sites excluding steroid dienone is 1. The van der Waals surface area contributed by atoms with Crippen molar-refractivity contribution < 1.29 is 4.57 Å². The molecule has 1 nitrogen and oxygen atoms in total. The summed E-state index contributed by atoms with van der Waals surface area (Å²) in [4.78, 5) is 0. The predicted molar refractivity (Wildman–Crippen MR) is 79.4 cm³/mol. The number of benzene rings is 2. The Kier molecular flexibility index (Phi) is 3.84. The monoisotopic (exact) mass is 256 g/mol. The lowest BCUT2D eigenvalue weighted by Gasteiger charge is -2.19. The molecule has 0 saturated carbocycles. The van der Waals surface area contributed by atoms with Gasteiger partial charge in [-0.15, -0.1) is 0 Å². The number of rotatable bonds is 4. The van der Waals surface area contributed by atoms with Crippen molar-refractivity contribution in [1.29, 1.82) is 0 Å². The van der Waals surface area contributed by atoms with Crippen molar-refractivity contribution in [3.05, 3.63) is 72.8 Å². The Labute approximate surface area is 109 Å². The summed E-state index contributed by atoms with van der Waals surface area (Å²) in [6, 6.07) is 19.4. The lowest BCUT2D eigenvalue weighted by molar-refractivity contribution is 0.588. The second-order valence-electron chi connectivity index (χ2n) is 4.53. The summed E-state index contributed by atoms with van der Waals surface area (Å²) in [5.41, 5.74) is 0.950. The molecular weight excluding hydrogens is 239 g/mol. The van der Waals surface area contributed by atoms with Gasteiger partial charge < -0.3 is 4.57 Å². The van der Waals surface area contributed by atoms with Gasteiger partial charge in [-0.25, -0.2) is 0 Å². The van der Waals surface area contributed by atoms with Crippen molar-refractivity contribution in [3.63, 3.8) is 0 Å². The molecule has 0 fully saturated rings. The van der Waals surface area contributed by atoms with E-state index in [1.54, 1.807) is 0 Å². The second-order valence-corrected chi connectivity index (χ2v) is 7.35. The molecule has 2 aromatic carbocycles. The molecule has 0 amide bonds. The van der Waals surface area contributed by atoms with Crippen molar-refractivity contribution in [2.45, 2.75) is 6.92 Å². The van der Waals surface area contributed by atoms with Crippen LogP contribution in [0, 0.1) is 0 Å². The summed E-state index contributed by atoms with van der Waals surface area (Å²) in [5, 5.41) is 1.80. The standard InChI is InChI=1S/C16H17OP/c1-14(2)13-18(17,15-9-5-3-6-10-15)16-11-7-4-8-12-16/h3-12H,1,13H2,2H3. The molecule has 2 aromatic rings. The molecule has 2 heteroatoms. The average molecular weight is 256 g/mol. The molecule has 2 rings (SSSR count). The Morgan fingerprint density at radius 3 is 1.67 bits per heavy atom. The van der Waals surface area contributed by atoms with Gasteiger partial charge in [0.05, 0.1) is 0 Å². The van der Waals surface area contributed by atoms with Crippen LogP contribution >= 0.6 is 7.14 Å². The Balaban J connectivity index is 2.55. The Morgan fingerprint density at radius 2 is 1.33 bits per heavy atom. The first-order valence-electron chi connectivity index (χ1n) is 5.97. The zero-order valence-electron chi connectivity index (χ0n) is 10.5. The van der Waals surface area contributed by atoms with Gasteiger partial charge >= 0.3 is 0 Å². The van der Waals surface area contributed by atoms with E-state index in [0.29, 0.717) is 6.16 Å². The molecule has 92 valence electrons. The third-order valence-electron chi connectivity index (χ3n) is 2.84. The Hall–Kier alpha value is -1.59. The first-order valence-corrected chi connectivity index (χ1v) is 7.87. The van der Waals surface area contributed by atoms with E-state index in [1.165, 1.54) is 0 Å². The highest BCUT2D eigenvalue weighted by molar-refractivity contribution is 7.78. The fourth-order valence-corrected chi connectivity index (χ4v) is 4.78. The quantitative estimate of drug-likeness (QED) is 0.603. The SMILES string of the molecule is C=C(C)CP(=O)(c1ccccc1)c1ccccc1. The van der Waals surface area contributed by atoms with Crippen molar-refractivity contribution >= 4 is 17.8 Å². The van der Waals surface area contributed by atoms with E-state index in [9.17, 15) is 4.57 Å². The molecule has 0 aromatic heterocycles. The van der Waals surface area contributed by atoms with Crippen LogP contribution in [0.1, 0.15) is 6.92 Å². The Morgan fingerprint density at radius 1 is 0.944 bits per heavy atom. The van der Waals surface area contributed by atoms with Crippen LogP contribution < -0.4 is 10.6 Å². The third-order valence-corrected chi connectivity index (χ3v) is 6.09. The molecular formula is C16H17OP. The summed E-state index contributed by atoms with van der Waals surface area (Å²) >= 11 is 0. The lowest BCUT2D eigenvalue weighted by atomic mass is 10.4. The number of hydrogen-bond donors (Lipinski definition) is 0. The maximum Gasteiger partial charge on any atom is 0.147 e. The van der Waals surface area contributed by atoms with Gasteiger partial charge in [0.15, 0.2) is 0 Å². The molecule has 0 heterocycles. The van der Waals surface area contributed by atoms with Gasteiger partial charge in [-0.3, -0.25) is 0 Å². The van der Waals surface area contributed by atoms with Crippen LogP contribution in [0.5, 0.6) is 0 Å². The van der Waals surface area contributed by atoms with Crippen molar-refractivity contribution in [2.75, 3.05) is 6.16 Å². The van der Waals surface area contributed by atoms with Crippen molar-refractivity contribution in [3.8, 4) is 0 Å². The summed E-state index contributed by atoms with van der Waals surface area (Å²) in [5.74, 6) is 0. The summed E-state index contributed by atoms with van der Waals surface area (Å²) < 4.78 is 13.4. The van der Waals surface area contributed by atoms with Gasteiger partial charge in [-0.1, -0.05) is 72.8 Å². The first-order chi connectivity index (χ1) is 8.63. The highest BCUT2D eigenvalue weighted by Gasteiger charge is 2.26. The summed E-state index contributed by atoms with van der Waals surface area (Å²) in [6.45, 7) is 5.85. The van der Waals surface area contributed by atoms with E-state index in [1.807, 2.05) is 67.6 Å². The van der Waals surface area contributed by atoms with Gasteiger partial charge in [0, 0.05) is 16.8 Å². The third kappa shape index (κ3) is 2.63. The second kappa shape index (κ2) is 5.37. The fraction of sp³-hybridized carbons (Fsp3) is 0.125. The van der Waals surface area contributed by atoms with Gasteiger partial charge in [-0.2, -0.15) is 0 Å². The molecule has 0 bridgehead atoms. The van der Waals surface area contributed by atoms with Crippen molar-refractivity contribution in [1.82, 2.24) is 0 Å². The maximum atomic E-state index is 13.4. The van der Waals surface area contributed by atoms with Crippen LogP contribution in [0.15, 0.2) is 72.8 Å². The first kappa shape index (κ1) is 12.9. The van der Waals surface area contributed by atoms with Crippen molar-refractivity contribution in [2.24, 2.45) is 0 Å². The van der Waals surface area contributed by atoms with Gasteiger partial charge in [0.25, 0.3) is 0 Å². The van der Waals surface area contributed by atoms with E-state index in [2.05, 4.69) is 6.58 Å². The summed E-state index contributed by atoms with van der Waals surface area (Å²) in [7, 11) is -2.58. The fourth-order valence-electron chi connectivity index (χ4n) is 2.05. The average Bonchev–Trinajstić information content (AvgIpc) is 2.40. The van der Waals surface area contributed by atoms with Gasteiger partial charge in [-0.05, 0) is 6.92 Å². The predicted octanol–water partition coefficient (Wildman–Crippen LogP) is 3.58. The topological polar surface area (TPSA) is 17.1 Å². The van der Waals surface area contributed by atoms with E-state index < -0.39 is 7.14 Å². The summed E-state index contributed by atoms with van der Waals surface area (Å²) in [6.07, 6.45) is 0.529. The maximum absolute atomic E-state index is 13.4. The largest absolute Gasteiger partial charge is 0.313 e. The van der Waals surface area contributed by atoms with E-state index in [4.69, 9.17) is 0 Å². The molecule has 0 saturated heterocycles. The molecule has 0 spiro atoms. The highest BCUT2D eigenvalue weighted by atomic mass is 31.2. The molecule has 0 atom stereocenters. The van der Waals surface area contributed by atoms with Crippen LogP contribution in [0.4, 0.5) is 0 Å². The molecule has 0 unspecified atom stereocenters. The molecule has 0 aliphatic carbocycles. The van der Waals surface area contributed by atoms with Crippen LogP contribution in [-0.2, 0) is 4.57 Å². The van der Waals surface area contributed by atoms with Crippen LogP contribution in [-0.4, -0.2) is 6.16 Å². The lowest BCUT2D eigenvalue weighted by Crippen LogP contribution is -2.18. The zero-order valence-corrected chi connectivity index (χ0v) is 11.4. The molecule has 0 radical (unpaired) electrons. The minimum Gasteiger partial charge on any atom is -0.313 e. The van der Waals surface area contributed by atoms with E-state index in [0.717, 1.165) is 16.2 Å². The Bertz CT molecular complexity index is 529. The smallest absolute Gasteiger partial charge is 0.147 e. The normalized spacial score (nSPS) is 11.2. The molecule has 0 aliphatic heterocycles. The van der Waals surface area contributed by atoms with E-state index >= 15 is 0 Å². The molecule has 0 aliphatic rings. The minimum absolute atomic E-state index is 0.529. The molecule has 0 N–H and O–H groups in total. The zero-order chi connectivity index (χ0) is 13.0. The number of hydrogen-bond acceptors (Lipinski definition) is 1. The van der Waals surface area contributed by atoms with Gasteiger partial charge in [0.1, 0.15) is 7.14 Å². The van der Waals surface area contributed by atoms with Crippen LogP contribution in [0.25, 0.3) is 0 Å². The van der Waals surface area contributed by atoms with Crippen LogP contribution in [0.3, 0.4) is 0 Å². The minimum atomic E-state index is -2.58. The molecule has 18 heavy (non-hydrogen) atoms.